The van der Waals surface area contributed by atoms with Crippen LogP contribution in [0.15, 0.2) is 24.3 Å². The van der Waals surface area contributed by atoms with Gasteiger partial charge >= 0.3 is 5.97 Å². The Hall–Kier alpha value is -1.49. The summed E-state index contributed by atoms with van der Waals surface area (Å²) in [6.07, 6.45) is 0.0801. The van der Waals surface area contributed by atoms with Crippen molar-refractivity contribution in [2.75, 3.05) is 12.3 Å². The lowest BCUT2D eigenvalue weighted by atomic mass is 10.1. The summed E-state index contributed by atoms with van der Waals surface area (Å²) in [7, 11) is 0. The first-order valence-electron chi connectivity index (χ1n) is 6.59. The van der Waals surface area contributed by atoms with Gasteiger partial charge in [-0.3, -0.25) is 9.59 Å². The quantitative estimate of drug-likeness (QED) is 0.773. The second kappa shape index (κ2) is 8.64. The van der Waals surface area contributed by atoms with Gasteiger partial charge in [0.05, 0.1) is 5.75 Å². The van der Waals surface area contributed by atoms with E-state index in [-0.39, 0.29) is 18.2 Å². The highest BCUT2D eigenvalue weighted by Gasteiger charge is 2.09. The second-order valence-electron chi connectivity index (χ2n) is 4.99. The zero-order valence-electron chi connectivity index (χ0n) is 11.9. The SMILES string of the molecule is Cc1cccc(CSCC(=O)NCC(C)CC(=O)O)c1. The molecule has 0 aliphatic rings. The van der Waals surface area contributed by atoms with E-state index in [4.69, 9.17) is 5.11 Å². The number of amides is 1. The van der Waals surface area contributed by atoms with Gasteiger partial charge in [0.1, 0.15) is 0 Å². The highest BCUT2D eigenvalue weighted by Crippen LogP contribution is 2.13. The number of benzene rings is 1. The van der Waals surface area contributed by atoms with Crippen LogP contribution in [0.3, 0.4) is 0 Å². The summed E-state index contributed by atoms with van der Waals surface area (Å²) in [5.74, 6) is 0.284. The number of thioether (sulfide) groups is 1. The standard InChI is InChI=1S/C15H21NO3S/c1-11-4-3-5-13(6-11)9-20-10-14(17)16-8-12(2)7-15(18)19/h3-6,12H,7-10H2,1-2H3,(H,16,17)(H,18,19). The molecule has 0 aliphatic carbocycles. The summed E-state index contributed by atoms with van der Waals surface area (Å²) < 4.78 is 0. The Bertz CT molecular complexity index is 462. The molecule has 110 valence electrons. The first-order chi connectivity index (χ1) is 9.47. The fraction of sp³-hybridized carbons (Fsp3) is 0.467. The highest BCUT2D eigenvalue weighted by molar-refractivity contribution is 7.99. The summed E-state index contributed by atoms with van der Waals surface area (Å²) in [6, 6.07) is 8.22. The normalized spacial score (nSPS) is 11.9. The number of aliphatic carboxylic acids is 1. The van der Waals surface area contributed by atoms with Crippen molar-refractivity contribution in [1.82, 2.24) is 5.32 Å². The van der Waals surface area contributed by atoms with Crippen molar-refractivity contribution in [3.8, 4) is 0 Å². The maximum absolute atomic E-state index is 11.6. The van der Waals surface area contributed by atoms with Gasteiger partial charge in [-0.05, 0) is 18.4 Å². The number of nitrogens with one attached hydrogen (secondary N) is 1. The molecule has 1 amide bonds. The summed E-state index contributed by atoms with van der Waals surface area (Å²) in [6.45, 7) is 4.27. The molecular formula is C15H21NO3S. The van der Waals surface area contributed by atoms with Crippen LogP contribution in [0.4, 0.5) is 0 Å². The molecule has 5 heteroatoms. The number of rotatable bonds is 8. The molecule has 2 N–H and O–H groups in total. The van der Waals surface area contributed by atoms with Crippen molar-refractivity contribution < 1.29 is 14.7 Å². The number of aryl methyl sites for hydroxylation is 1. The van der Waals surface area contributed by atoms with Crippen molar-refractivity contribution in [2.24, 2.45) is 5.92 Å². The third kappa shape index (κ3) is 7.19. The molecule has 0 aliphatic heterocycles. The minimum atomic E-state index is -0.833. The molecular weight excluding hydrogens is 274 g/mol. The molecule has 1 aromatic carbocycles. The predicted octanol–water partition coefficient (Wildman–Crippen LogP) is 2.46. The van der Waals surface area contributed by atoms with Crippen molar-refractivity contribution in [3.05, 3.63) is 35.4 Å². The fourth-order valence-electron chi connectivity index (χ4n) is 1.77. The smallest absolute Gasteiger partial charge is 0.303 e. The molecule has 0 fully saturated rings. The Morgan fingerprint density at radius 2 is 2.15 bits per heavy atom. The van der Waals surface area contributed by atoms with Crippen LogP contribution >= 0.6 is 11.8 Å². The lowest BCUT2D eigenvalue weighted by molar-refractivity contribution is -0.138. The van der Waals surface area contributed by atoms with Gasteiger partial charge in [-0.1, -0.05) is 36.8 Å². The van der Waals surface area contributed by atoms with Gasteiger partial charge in [-0.25, -0.2) is 0 Å². The monoisotopic (exact) mass is 295 g/mol. The Morgan fingerprint density at radius 3 is 2.80 bits per heavy atom. The van der Waals surface area contributed by atoms with Gasteiger partial charge in [-0.2, -0.15) is 0 Å². The number of carbonyl (C=O) groups is 2. The van der Waals surface area contributed by atoms with Crippen LogP contribution in [0.1, 0.15) is 24.5 Å². The molecule has 4 nitrogen and oxygen atoms in total. The predicted molar refractivity (Wildman–Crippen MR) is 81.8 cm³/mol. The first-order valence-corrected chi connectivity index (χ1v) is 7.74. The number of carbonyl (C=O) groups excluding carboxylic acids is 1. The molecule has 0 heterocycles. The number of hydrogen-bond acceptors (Lipinski definition) is 3. The molecule has 0 aromatic heterocycles. The Morgan fingerprint density at radius 1 is 1.40 bits per heavy atom. The maximum Gasteiger partial charge on any atom is 0.303 e. The van der Waals surface area contributed by atoms with E-state index in [1.165, 1.54) is 11.1 Å². The highest BCUT2D eigenvalue weighted by atomic mass is 32.2. The molecule has 0 radical (unpaired) electrons. The summed E-state index contributed by atoms with van der Waals surface area (Å²) in [5, 5.41) is 11.4. The van der Waals surface area contributed by atoms with E-state index in [0.29, 0.717) is 12.3 Å². The van der Waals surface area contributed by atoms with Crippen LogP contribution in [-0.2, 0) is 15.3 Å². The van der Waals surface area contributed by atoms with Gasteiger partial charge in [0.15, 0.2) is 0 Å². The zero-order chi connectivity index (χ0) is 15.0. The maximum atomic E-state index is 11.6. The average Bonchev–Trinajstić information content (AvgIpc) is 2.36. The zero-order valence-corrected chi connectivity index (χ0v) is 12.7. The van der Waals surface area contributed by atoms with E-state index in [9.17, 15) is 9.59 Å². The summed E-state index contributed by atoms with van der Waals surface area (Å²) >= 11 is 1.56. The molecule has 1 aromatic rings. The lowest BCUT2D eigenvalue weighted by Gasteiger charge is -2.10. The Labute approximate surface area is 124 Å². The first kappa shape index (κ1) is 16.6. The number of carboxylic acids is 1. The molecule has 0 saturated carbocycles. The number of hydrogen-bond donors (Lipinski definition) is 2. The van der Waals surface area contributed by atoms with Crippen molar-refractivity contribution in [3.63, 3.8) is 0 Å². The van der Waals surface area contributed by atoms with Gasteiger partial charge in [0, 0.05) is 18.7 Å². The van der Waals surface area contributed by atoms with Gasteiger partial charge in [-0.15, -0.1) is 11.8 Å². The summed E-state index contributed by atoms with van der Waals surface area (Å²) in [4.78, 5) is 22.1. The summed E-state index contributed by atoms with van der Waals surface area (Å²) in [5.41, 5.74) is 2.43. The molecule has 0 saturated heterocycles. The van der Waals surface area contributed by atoms with Gasteiger partial charge in [0.25, 0.3) is 0 Å². The lowest BCUT2D eigenvalue weighted by Crippen LogP contribution is -2.30. The van der Waals surface area contributed by atoms with E-state index >= 15 is 0 Å². The van der Waals surface area contributed by atoms with E-state index in [1.54, 1.807) is 11.8 Å². The van der Waals surface area contributed by atoms with Gasteiger partial charge < -0.3 is 10.4 Å². The second-order valence-corrected chi connectivity index (χ2v) is 5.97. The van der Waals surface area contributed by atoms with Crippen LogP contribution in [0.2, 0.25) is 0 Å². The fourth-order valence-corrected chi connectivity index (χ4v) is 2.58. The largest absolute Gasteiger partial charge is 0.481 e. The minimum absolute atomic E-state index is 0.0418. The van der Waals surface area contributed by atoms with E-state index in [2.05, 4.69) is 11.4 Å². The van der Waals surface area contributed by atoms with E-state index in [1.807, 2.05) is 32.0 Å². The number of carboxylic acid groups (broad SMARTS) is 1. The van der Waals surface area contributed by atoms with Crippen molar-refractivity contribution >= 4 is 23.6 Å². The molecule has 1 unspecified atom stereocenters. The third-order valence-corrected chi connectivity index (χ3v) is 3.76. The molecule has 0 bridgehead atoms. The Kier molecular flexibility index (Phi) is 7.15. The molecule has 20 heavy (non-hydrogen) atoms. The molecule has 1 rings (SSSR count). The van der Waals surface area contributed by atoms with Crippen molar-refractivity contribution in [1.29, 1.82) is 0 Å². The average molecular weight is 295 g/mol. The third-order valence-electron chi connectivity index (χ3n) is 2.76. The van der Waals surface area contributed by atoms with E-state index in [0.717, 1.165) is 5.75 Å². The van der Waals surface area contributed by atoms with Crippen molar-refractivity contribution in [2.45, 2.75) is 26.0 Å². The van der Waals surface area contributed by atoms with Crippen LogP contribution in [0.5, 0.6) is 0 Å². The van der Waals surface area contributed by atoms with Crippen LogP contribution in [0, 0.1) is 12.8 Å². The van der Waals surface area contributed by atoms with Crippen LogP contribution in [0.25, 0.3) is 0 Å². The molecule has 0 spiro atoms. The van der Waals surface area contributed by atoms with Crippen LogP contribution < -0.4 is 5.32 Å². The molecule has 1 atom stereocenters. The minimum Gasteiger partial charge on any atom is -0.481 e. The Balaban J connectivity index is 2.18. The topological polar surface area (TPSA) is 66.4 Å². The van der Waals surface area contributed by atoms with Gasteiger partial charge in [0.2, 0.25) is 5.91 Å². The van der Waals surface area contributed by atoms with E-state index < -0.39 is 5.97 Å². The van der Waals surface area contributed by atoms with Crippen LogP contribution in [-0.4, -0.2) is 29.3 Å².